The van der Waals surface area contributed by atoms with Crippen molar-refractivity contribution >= 4 is 28.0 Å². The maximum atomic E-state index is 12.1. The van der Waals surface area contributed by atoms with Gasteiger partial charge in [-0.25, -0.2) is 9.78 Å². The van der Waals surface area contributed by atoms with Crippen molar-refractivity contribution in [3.05, 3.63) is 41.5 Å². The number of carbonyl (C=O) groups excluding carboxylic acids is 1. The largest absolute Gasteiger partial charge is 0.398 e. The van der Waals surface area contributed by atoms with Crippen LogP contribution in [0, 0.1) is 5.41 Å². The molecule has 1 saturated heterocycles. The number of fused-ring (bicyclic) bond motifs is 1. The van der Waals surface area contributed by atoms with Gasteiger partial charge in [-0.3, -0.25) is 9.30 Å². The smallest absolute Gasteiger partial charge is 0.330 e. The molecule has 1 aliphatic rings. The summed E-state index contributed by atoms with van der Waals surface area (Å²) in [4.78, 5) is 25.7. The molecule has 1 aromatic carbocycles. The van der Waals surface area contributed by atoms with E-state index in [1.807, 2.05) is 45.0 Å². The number of rotatable bonds is 4. The lowest BCUT2D eigenvalue weighted by Gasteiger charge is -2.34. The summed E-state index contributed by atoms with van der Waals surface area (Å²) >= 11 is 1.64. The molecule has 0 radical (unpaired) electrons. The van der Waals surface area contributed by atoms with Crippen LogP contribution in [-0.2, 0) is 16.2 Å². The fraction of sp³-hybridized carbons (Fsp3) is 0.429. The predicted molar refractivity (Wildman–Crippen MR) is 115 cm³/mol. The number of nitrogen functional groups attached to an aromatic ring is 1. The van der Waals surface area contributed by atoms with E-state index < -0.39 is 5.41 Å². The van der Waals surface area contributed by atoms with E-state index in [2.05, 4.69) is 20.9 Å². The van der Waals surface area contributed by atoms with Gasteiger partial charge in [0.1, 0.15) is 0 Å². The van der Waals surface area contributed by atoms with Crippen LogP contribution < -0.4 is 5.73 Å². The van der Waals surface area contributed by atoms with E-state index in [1.165, 1.54) is 5.69 Å². The number of thiazole rings is 1. The van der Waals surface area contributed by atoms with Crippen LogP contribution in [-0.4, -0.2) is 51.5 Å². The second kappa shape index (κ2) is 7.78. The fourth-order valence-electron chi connectivity index (χ4n) is 3.27. The number of nitrogens with zero attached hydrogens (tertiary/aromatic N) is 4. The normalized spacial score (nSPS) is 16.4. The number of benzene rings is 1. The summed E-state index contributed by atoms with van der Waals surface area (Å²) in [5, 5.41) is 3.94. The molecule has 154 valence electrons. The van der Waals surface area contributed by atoms with Crippen molar-refractivity contribution in [2.24, 2.45) is 5.41 Å². The van der Waals surface area contributed by atoms with Gasteiger partial charge < -0.3 is 10.6 Å². The number of nitrogens with two attached hydrogens (primary N) is 1. The minimum absolute atomic E-state index is 0.184. The molecule has 8 heteroatoms. The molecule has 0 aliphatic carbocycles. The van der Waals surface area contributed by atoms with Gasteiger partial charge in [0.2, 0.25) is 0 Å². The van der Waals surface area contributed by atoms with Crippen molar-refractivity contribution in [2.75, 3.05) is 31.9 Å². The first-order valence-corrected chi connectivity index (χ1v) is 10.7. The van der Waals surface area contributed by atoms with Crippen LogP contribution in [0.1, 0.15) is 26.5 Å². The van der Waals surface area contributed by atoms with Crippen LogP contribution in [0.15, 0.2) is 35.8 Å². The van der Waals surface area contributed by atoms with Crippen molar-refractivity contribution in [1.29, 1.82) is 0 Å². The Balaban J connectivity index is 1.41. The lowest BCUT2D eigenvalue weighted by molar-refractivity contribution is -0.207. The van der Waals surface area contributed by atoms with Crippen molar-refractivity contribution in [3.63, 3.8) is 0 Å². The molecular formula is C21H27N5O2S. The molecule has 0 atom stereocenters. The van der Waals surface area contributed by atoms with Gasteiger partial charge in [0, 0.05) is 61.2 Å². The minimum atomic E-state index is -0.485. The molecule has 2 N–H and O–H groups in total. The van der Waals surface area contributed by atoms with Crippen LogP contribution in [0.2, 0.25) is 0 Å². The molecule has 29 heavy (non-hydrogen) atoms. The highest BCUT2D eigenvalue weighted by atomic mass is 32.1. The van der Waals surface area contributed by atoms with Crippen LogP contribution in [0.25, 0.3) is 16.2 Å². The topological polar surface area (TPSA) is 76.1 Å². The van der Waals surface area contributed by atoms with Gasteiger partial charge in [0.25, 0.3) is 0 Å². The van der Waals surface area contributed by atoms with Crippen LogP contribution in [0.3, 0.4) is 0 Å². The SMILES string of the molecule is CC(C)(C)C(=O)ON1CCN(Cc2csc3nc(-c4ccccc4N)cn23)CC1. The maximum Gasteiger partial charge on any atom is 0.330 e. The summed E-state index contributed by atoms with van der Waals surface area (Å²) in [6, 6.07) is 7.81. The van der Waals surface area contributed by atoms with Gasteiger partial charge in [-0.2, -0.15) is 0 Å². The maximum absolute atomic E-state index is 12.1. The second-order valence-corrected chi connectivity index (χ2v) is 9.26. The molecule has 0 bridgehead atoms. The molecule has 0 unspecified atom stereocenters. The van der Waals surface area contributed by atoms with E-state index in [0.717, 1.165) is 41.5 Å². The Morgan fingerprint density at radius 3 is 2.62 bits per heavy atom. The second-order valence-electron chi connectivity index (χ2n) is 8.43. The monoisotopic (exact) mass is 413 g/mol. The van der Waals surface area contributed by atoms with Crippen LogP contribution in [0.4, 0.5) is 5.69 Å². The van der Waals surface area contributed by atoms with E-state index >= 15 is 0 Å². The van der Waals surface area contributed by atoms with Crippen LogP contribution >= 0.6 is 11.3 Å². The van der Waals surface area contributed by atoms with Crippen molar-refractivity contribution in [3.8, 4) is 11.3 Å². The first-order chi connectivity index (χ1) is 13.8. The average molecular weight is 414 g/mol. The summed E-state index contributed by atoms with van der Waals surface area (Å²) in [7, 11) is 0. The van der Waals surface area contributed by atoms with E-state index in [-0.39, 0.29) is 5.97 Å². The summed E-state index contributed by atoms with van der Waals surface area (Å²) in [5.74, 6) is -0.184. The number of para-hydroxylation sites is 1. The summed E-state index contributed by atoms with van der Waals surface area (Å²) in [5.41, 5.74) is 9.43. The fourth-order valence-corrected chi connectivity index (χ4v) is 4.13. The lowest BCUT2D eigenvalue weighted by atomic mass is 9.98. The summed E-state index contributed by atoms with van der Waals surface area (Å²) in [6.07, 6.45) is 2.06. The van der Waals surface area contributed by atoms with Gasteiger partial charge in [-0.15, -0.1) is 16.4 Å². The van der Waals surface area contributed by atoms with Gasteiger partial charge in [-0.05, 0) is 26.8 Å². The first-order valence-electron chi connectivity index (χ1n) is 9.81. The molecule has 3 aromatic rings. The van der Waals surface area contributed by atoms with Gasteiger partial charge in [-0.1, -0.05) is 18.2 Å². The number of piperazine rings is 1. The molecule has 1 aliphatic heterocycles. The van der Waals surface area contributed by atoms with Crippen LogP contribution in [0.5, 0.6) is 0 Å². The molecular weight excluding hydrogens is 386 g/mol. The zero-order valence-corrected chi connectivity index (χ0v) is 17.9. The highest BCUT2D eigenvalue weighted by Crippen LogP contribution is 2.28. The third kappa shape index (κ3) is 4.29. The molecule has 4 rings (SSSR count). The van der Waals surface area contributed by atoms with Crippen molar-refractivity contribution in [2.45, 2.75) is 27.3 Å². The number of hydrogen-bond acceptors (Lipinski definition) is 7. The third-order valence-corrected chi connectivity index (χ3v) is 5.95. The van der Waals surface area contributed by atoms with E-state index in [9.17, 15) is 4.79 Å². The molecule has 2 aromatic heterocycles. The summed E-state index contributed by atoms with van der Waals surface area (Å²) in [6.45, 7) is 9.57. The Hall–Kier alpha value is -2.42. The Morgan fingerprint density at radius 2 is 1.93 bits per heavy atom. The number of hydrogen-bond donors (Lipinski definition) is 1. The van der Waals surface area contributed by atoms with Crippen molar-refractivity contribution < 1.29 is 9.63 Å². The van der Waals surface area contributed by atoms with Crippen molar-refractivity contribution in [1.82, 2.24) is 19.3 Å². The quantitative estimate of drug-likeness (QED) is 0.662. The Morgan fingerprint density at radius 1 is 1.21 bits per heavy atom. The predicted octanol–water partition coefficient (Wildman–Crippen LogP) is 3.27. The Bertz CT molecular complexity index is 1010. The van der Waals surface area contributed by atoms with Gasteiger partial charge in [0.15, 0.2) is 4.96 Å². The molecule has 0 amide bonds. The lowest BCUT2D eigenvalue weighted by Crippen LogP contribution is -2.47. The molecule has 7 nitrogen and oxygen atoms in total. The van der Waals surface area contributed by atoms with Gasteiger partial charge in [0.05, 0.1) is 11.1 Å². The Kier molecular flexibility index (Phi) is 5.33. The minimum Gasteiger partial charge on any atom is -0.398 e. The van der Waals surface area contributed by atoms with E-state index in [0.29, 0.717) is 13.1 Å². The number of imidazole rings is 1. The molecule has 0 saturated carbocycles. The number of carbonyl (C=O) groups is 1. The molecule has 1 fully saturated rings. The summed E-state index contributed by atoms with van der Waals surface area (Å²) < 4.78 is 2.15. The highest BCUT2D eigenvalue weighted by molar-refractivity contribution is 7.15. The van der Waals surface area contributed by atoms with E-state index in [4.69, 9.17) is 15.6 Å². The zero-order chi connectivity index (χ0) is 20.6. The number of anilines is 1. The van der Waals surface area contributed by atoms with Gasteiger partial charge >= 0.3 is 5.97 Å². The average Bonchev–Trinajstić information content (AvgIpc) is 3.25. The van der Waals surface area contributed by atoms with E-state index in [1.54, 1.807) is 16.4 Å². The molecule has 3 heterocycles. The third-order valence-electron chi connectivity index (χ3n) is 5.06. The first kappa shape index (κ1) is 19.9. The molecule has 0 spiro atoms. The number of aromatic nitrogens is 2. The highest BCUT2D eigenvalue weighted by Gasteiger charge is 2.28. The standard InChI is InChI=1S/C21H27N5O2S/c1-21(2,3)19(27)28-25-10-8-24(9-11-25)12-15-14-29-20-23-18(13-26(15)20)16-6-4-5-7-17(16)22/h4-7,13-14H,8-12,22H2,1-3H3. The zero-order valence-electron chi connectivity index (χ0n) is 17.1. The number of hydroxylamine groups is 2. The Labute approximate surface area is 174 Å².